The maximum Gasteiger partial charge on any atom is 0.255 e. The molecule has 6 heteroatoms. The average molecular weight is 530 g/mol. The fourth-order valence-corrected chi connectivity index (χ4v) is 6.06. The van der Waals surface area contributed by atoms with Gasteiger partial charge in [0.25, 0.3) is 5.91 Å². The molecule has 2 saturated heterocycles. The number of nitrogens with zero attached hydrogens (tertiary/aromatic N) is 1. The third-order valence-electron chi connectivity index (χ3n) is 6.91. The first-order valence-electron chi connectivity index (χ1n) is 11.6. The van der Waals surface area contributed by atoms with E-state index in [9.17, 15) is 4.79 Å². The predicted molar refractivity (Wildman–Crippen MR) is 139 cm³/mol. The number of amides is 1. The number of nitrogens with one attached hydrogen (secondary N) is 1. The molecule has 174 valence electrons. The molecule has 0 aliphatic carbocycles. The van der Waals surface area contributed by atoms with Crippen LogP contribution in [0.25, 0.3) is 10.8 Å². The molecule has 2 heterocycles. The summed E-state index contributed by atoms with van der Waals surface area (Å²) in [6.45, 7) is 3.48. The number of ether oxygens (including phenoxy) is 1. The van der Waals surface area contributed by atoms with Crippen LogP contribution in [-0.4, -0.2) is 35.5 Å². The van der Waals surface area contributed by atoms with Crippen molar-refractivity contribution in [2.24, 2.45) is 0 Å². The lowest BCUT2D eigenvalue weighted by Gasteiger charge is -2.39. The first kappa shape index (κ1) is 24.1. The van der Waals surface area contributed by atoms with Crippen LogP contribution in [-0.2, 0) is 6.54 Å². The number of piperidine rings is 1. The van der Waals surface area contributed by atoms with Gasteiger partial charge in [0.1, 0.15) is 5.75 Å². The van der Waals surface area contributed by atoms with E-state index in [0.717, 1.165) is 34.6 Å². The number of benzene rings is 3. The molecule has 0 radical (unpaired) electrons. The summed E-state index contributed by atoms with van der Waals surface area (Å²) in [6.07, 6.45) is 4.45. The van der Waals surface area contributed by atoms with Gasteiger partial charge in [-0.1, -0.05) is 70.5 Å². The summed E-state index contributed by atoms with van der Waals surface area (Å²) in [6, 6.07) is 21.9. The van der Waals surface area contributed by atoms with Crippen molar-refractivity contribution in [3.8, 4) is 5.75 Å². The van der Waals surface area contributed by atoms with Crippen molar-refractivity contribution in [1.82, 2.24) is 10.2 Å². The van der Waals surface area contributed by atoms with Gasteiger partial charge in [-0.15, -0.1) is 12.4 Å². The van der Waals surface area contributed by atoms with Gasteiger partial charge in [-0.2, -0.15) is 0 Å². The largest absolute Gasteiger partial charge is 0.492 e. The Balaban J connectivity index is 0.00000259. The Labute approximate surface area is 210 Å². The summed E-state index contributed by atoms with van der Waals surface area (Å²) >= 11 is 3.65. The Hall–Kier alpha value is -2.08. The van der Waals surface area contributed by atoms with Gasteiger partial charge < -0.3 is 10.1 Å². The van der Waals surface area contributed by atoms with Crippen LogP contribution in [0.4, 0.5) is 0 Å². The molecule has 0 spiro atoms. The minimum atomic E-state index is -0.0409. The van der Waals surface area contributed by atoms with Crippen molar-refractivity contribution in [3.63, 3.8) is 0 Å². The molecule has 1 amide bonds. The number of hydrogen-bond acceptors (Lipinski definition) is 3. The zero-order valence-corrected chi connectivity index (χ0v) is 21.2. The number of halogens is 2. The molecule has 0 saturated carbocycles. The Kier molecular flexibility index (Phi) is 7.62. The molecule has 3 aromatic carbocycles. The van der Waals surface area contributed by atoms with Gasteiger partial charge in [-0.05, 0) is 49.6 Å². The van der Waals surface area contributed by atoms with E-state index in [4.69, 9.17) is 4.74 Å². The van der Waals surface area contributed by atoms with Gasteiger partial charge in [0, 0.05) is 34.5 Å². The molecule has 5 rings (SSSR count). The van der Waals surface area contributed by atoms with E-state index < -0.39 is 0 Å². The minimum Gasteiger partial charge on any atom is -0.492 e. The van der Waals surface area contributed by atoms with Gasteiger partial charge in [-0.25, -0.2) is 0 Å². The fourth-order valence-electron chi connectivity index (χ4n) is 5.48. The molecule has 2 unspecified atom stereocenters. The lowest BCUT2D eigenvalue weighted by molar-refractivity contribution is 0.0825. The molecule has 2 atom stereocenters. The molecule has 33 heavy (non-hydrogen) atoms. The number of hydrogen-bond donors (Lipinski definition) is 1. The summed E-state index contributed by atoms with van der Waals surface area (Å²) in [5.41, 5.74) is 1.98. The van der Waals surface area contributed by atoms with Crippen molar-refractivity contribution in [2.75, 3.05) is 6.61 Å². The third-order valence-corrected chi connectivity index (χ3v) is 7.56. The summed E-state index contributed by atoms with van der Waals surface area (Å²) in [5, 5.41) is 5.36. The Morgan fingerprint density at radius 2 is 1.67 bits per heavy atom. The summed E-state index contributed by atoms with van der Waals surface area (Å²) in [4.78, 5) is 16.0. The van der Waals surface area contributed by atoms with Gasteiger partial charge >= 0.3 is 0 Å². The molecular weight excluding hydrogens is 500 g/mol. The molecule has 2 aliphatic rings. The fraction of sp³-hybridized carbons (Fsp3) is 0.370. The summed E-state index contributed by atoms with van der Waals surface area (Å²) < 4.78 is 6.88. The summed E-state index contributed by atoms with van der Waals surface area (Å²) in [5.74, 6) is 0.633. The molecule has 2 aliphatic heterocycles. The SMILES string of the molecule is CCOc1c(C(=O)NC2CC3CCC(C2)N3Cc2ccccc2)cc(Br)c2ccccc12.Cl. The van der Waals surface area contributed by atoms with E-state index in [1.54, 1.807) is 0 Å². The normalized spacial score (nSPS) is 22.1. The highest BCUT2D eigenvalue weighted by Gasteiger charge is 2.41. The number of carbonyl (C=O) groups excluding carboxylic acids is 1. The highest BCUT2D eigenvalue weighted by Crippen LogP contribution is 2.38. The van der Waals surface area contributed by atoms with E-state index >= 15 is 0 Å². The molecule has 2 fully saturated rings. The van der Waals surface area contributed by atoms with Crippen molar-refractivity contribution >= 4 is 45.0 Å². The zero-order valence-electron chi connectivity index (χ0n) is 18.8. The lowest BCUT2D eigenvalue weighted by atomic mass is 9.96. The molecular formula is C27H30BrClN2O2. The smallest absolute Gasteiger partial charge is 0.255 e. The van der Waals surface area contributed by atoms with Crippen molar-refractivity contribution in [1.29, 1.82) is 0 Å². The van der Waals surface area contributed by atoms with Crippen molar-refractivity contribution in [2.45, 2.75) is 57.3 Å². The van der Waals surface area contributed by atoms with Crippen LogP contribution in [0.2, 0.25) is 0 Å². The zero-order chi connectivity index (χ0) is 22.1. The van der Waals surface area contributed by atoms with Crippen molar-refractivity contribution in [3.05, 3.63) is 76.3 Å². The van der Waals surface area contributed by atoms with Gasteiger partial charge in [0.15, 0.2) is 0 Å². The topological polar surface area (TPSA) is 41.6 Å². The second-order valence-corrected chi connectivity index (χ2v) is 9.75. The van der Waals surface area contributed by atoms with Crippen LogP contribution in [0, 0.1) is 0 Å². The maximum atomic E-state index is 13.4. The highest BCUT2D eigenvalue weighted by molar-refractivity contribution is 9.10. The molecule has 4 nitrogen and oxygen atoms in total. The maximum absolute atomic E-state index is 13.4. The van der Waals surface area contributed by atoms with E-state index in [2.05, 4.69) is 56.5 Å². The van der Waals surface area contributed by atoms with E-state index in [0.29, 0.717) is 30.0 Å². The van der Waals surface area contributed by atoms with Crippen molar-refractivity contribution < 1.29 is 9.53 Å². The van der Waals surface area contributed by atoms with E-state index in [1.165, 1.54) is 18.4 Å². The lowest BCUT2D eigenvalue weighted by Crippen LogP contribution is -2.50. The van der Waals surface area contributed by atoms with Gasteiger partial charge in [0.2, 0.25) is 0 Å². The standard InChI is InChI=1S/C27H29BrN2O2.ClH/c1-2-32-26-23-11-7-6-10-22(23)25(28)16-24(26)27(31)29-19-14-20-12-13-21(15-19)30(20)17-18-8-4-3-5-9-18;/h3-11,16,19-21H,2,12-15,17H2,1H3,(H,29,31);1H. The first-order chi connectivity index (χ1) is 15.6. The van der Waals surface area contributed by atoms with Gasteiger partial charge in [0.05, 0.1) is 12.2 Å². The minimum absolute atomic E-state index is 0. The first-order valence-corrected chi connectivity index (χ1v) is 12.4. The molecule has 3 aromatic rings. The van der Waals surface area contributed by atoms with Crippen LogP contribution < -0.4 is 10.1 Å². The molecule has 0 aromatic heterocycles. The molecule has 1 N–H and O–H groups in total. The number of fused-ring (bicyclic) bond motifs is 3. The predicted octanol–water partition coefficient (Wildman–Crippen LogP) is 6.35. The Morgan fingerprint density at radius 1 is 1.03 bits per heavy atom. The van der Waals surface area contributed by atoms with Crippen LogP contribution in [0.15, 0.2) is 65.1 Å². The quantitative estimate of drug-likeness (QED) is 0.405. The number of rotatable bonds is 6. The third kappa shape index (κ3) is 4.91. The van der Waals surface area contributed by atoms with Crippen LogP contribution in [0.1, 0.15) is 48.5 Å². The van der Waals surface area contributed by atoms with Crippen LogP contribution in [0.3, 0.4) is 0 Å². The second kappa shape index (κ2) is 10.5. The van der Waals surface area contributed by atoms with E-state index in [1.807, 2.05) is 37.3 Å². The Bertz CT molecular complexity index is 1110. The van der Waals surface area contributed by atoms with Crippen LogP contribution in [0.5, 0.6) is 5.75 Å². The number of carbonyl (C=O) groups is 1. The Morgan fingerprint density at radius 3 is 2.33 bits per heavy atom. The van der Waals surface area contributed by atoms with E-state index in [-0.39, 0.29) is 24.4 Å². The second-order valence-electron chi connectivity index (χ2n) is 8.90. The average Bonchev–Trinajstić information content (AvgIpc) is 3.03. The molecule has 2 bridgehead atoms. The van der Waals surface area contributed by atoms with Gasteiger partial charge in [-0.3, -0.25) is 9.69 Å². The van der Waals surface area contributed by atoms with Crippen LogP contribution >= 0.6 is 28.3 Å². The monoisotopic (exact) mass is 528 g/mol. The highest BCUT2D eigenvalue weighted by atomic mass is 79.9. The summed E-state index contributed by atoms with van der Waals surface area (Å²) in [7, 11) is 0.